The van der Waals surface area contributed by atoms with Crippen LogP contribution in [-0.4, -0.2) is 37.1 Å². The van der Waals surface area contributed by atoms with E-state index in [0.717, 1.165) is 33.2 Å². The lowest BCUT2D eigenvalue weighted by molar-refractivity contribution is -0.136. The number of amides is 1. The Balaban J connectivity index is 1.71. The zero-order valence-electron chi connectivity index (χ0n) is 18.7. The van der Waals surface area contributed by atoms with E-state index in [1.807, 2.05) is 48.5 Å². The molecule has 2 aromatic carbocycles. The highest BCUT2D eigenvalue weighted by atomic mass is 32.2. The molecule has 0 aromatic heterocycles. The van der Waals surface area contributed by atoms with Crippen LogP contribution >= 0.6 is 11.8 Å². The maximum absolute atomic E-state index is 14.0. The molecule has 2 N–H and O–H groups in total. The minimum atomic E-state index is -0.959. The molecule has 7 heteroatoms. The molecule has 4 rings (SSSR count). The lowest BCUT2D eigenvalue weighted by Gasteiger charge is -2.36. The normalized spacial score (nSPS) is 18.1. The van der Waals surface area contributed by atoms with Crippen molar-refractivity contribution in [2.45, 2.75) is 25.2 Å². The first-order valence-corrected chi connectivity index (χ1v) is 11.8. The van der Waals surface area contributed by atoms with Gasteiger partial charge in [0, 0.05) is 46.0 Å². The molecule has 1 heterocycles. The van der Waals surface area contributed by atoms with E-state index in [0.29, 0.717) is 12.0 Å². The zero-order valence-corrected chi connectivity index (χ0v) is 19.5. The number of para-hydroxylation sites is 1. The van der Waals surface area contributed by atoms with E-state index in [9.17, 15) is 14.4 Å². The Kier molecular flexibility index (Phi) is 6.42. The molecule has 33 heavy (non-hydrogen) atoms. The number of methoxy groups -OCH3 is 1. The Morgan fingerprint density at radius 3 is 2.55 bits per heavy atom. The molecule has 1 amide bonds. The van der Waals surface area contributed by atoms with E-state index in [1.165, 1.54) is 7.11 Å². The van der Waals surface area contributed by atoms with Crippen LogP contribution in [0.1, 0.15) is 41.3 Å². The molecule has 1 aliphatic carbocycles. The van der Waals surface area contributed by atoms with Crippen LogP contribution in [0.5, 0.6) is 0 Å². The zero-order chi connectivity index (χ0) is 23.6. The Morgan fingerprint density at radius 1 is 1.12 bits per heavy atom. The molecule has 2 aromatic rings. The van der Waals surface area contributed by atoms with Crippen molar-refractivity contribution in [1.82, 2.24) is 5.32 Å². The van der Waals surface area contributed by atoms with Gasteiger partial charge in [-0.2, -0.15) is 0 Å². The number of fused-ring (bicyclic) bond motifs is 4. The first-order valence-electron chi connectivity index (χ1n) is 10.8. The summed E-state index contributed by atoms with van der Waals surface area (Å²) in [5.74, 6) is 0.0339. The summed E-state index contributed by atoms with van der Waals surface area (Å²) < 4.78 is 4.63. The van der Waals surface area contributed by atoms with Gasteiger partial charge < -0.3 is 15.4 Å². The highest BCUT2D eigenvalue weighted by Gasteiger charge is 2.53. The number of ether oxygens (including phenoxy) is 1. The van der Waals surface area contributed by atoms with Gasteiger partial charge in [-0.15, -0.1) is 11.8 Å². The smallest absolute Gasteiger partial charge is 0.334 e. The maximum atomic E-state index is 14.0. The van der Waals surface area contributed by atoms with Gasteiger partial charge in [0.1, 0.15) is 5.41 Å². The fourth-order valence-corrected chi connectivity index (χ4v) is 5.54. The summed E-state index contributed by atoms with van der Waals surface area (Å²) in [6.07, 6.45) is 0.426. The number of hydrogen-bond donors (Lipinski definition) is 2. The van der Waals surface area contributed by atoms with Crippen LogP contribution in [-0.2, 0) is 19.7 Å². The number of nitrogens with one attached hydrogen (secondary N) is 2. The van der Waals surface area contributed by atoms with E-state index in [2.05, 4.69) is 28.9 Å². The summed E-state index contributed by atoms with van der Waals surface area (Å²) in [6.45, 7) is 5.72. The molecule has 0 saturated heterocycles. The molecule has 0 spiro atoms. The first-order chi connectivity index (χ1) is 15.9. The van der Waals surface area contributed by atoms with Crippen LogP contribution in [0.4, 0.5) is 5.69 Å². The van der Waals surface area contributed by atoms with Crippen molar-refractivity contribution in [3.63, 3.8) is 0 Å². The quantitative estimate of drug-likeness (QED) is 0.450. The third-order valence-electron chi connectivity index (χ3n) is 6.09. The van der Waals surface area contributed by atoms with Crippen molar-refractivity contribution >= 4 is 40.0 Å². The molecule has 0 fully saturated rings. The third-order valence-corrected chi connectivity index (χ3v) is 7.09. The van der Waals surface area contributed by atoms with E-state index in [-0.39, 0.29) is 30.2 Å². The number of anilines is 1. The highest BCUT2D eigenvalue weighted by Crippen LogP contribution is 2.56. The van der Waals surface area contributed by atoms with Crippen molar-refractivity contribution in [2.75, 3.05) is 24.7 Å². The van der Waals surface area contributed by atoms with Gasteiger partial charge >= 0.3 is 5.97 Å². The number of carbonyl (C=O) groups is 3. The summed E-state index contributed by atoms with van der Waals surface area (Å²) in [6, 6.07) is 15.5. The van der Waals surface area contributed by atoms with Gasteiger partial charge in [0.2, 0.25) is 5.91 Å². The van der Waals surface area contributed by atoms with Crippen LogP contribution in [0.2, 0.25) is 0 Å². The number of ketones is 1. The van der Waals surface area contributed by atoms with Crippen LogP contribution in [0, 0.1) is 0 Å². The number of hydrogen-bond acceptors (Lipinski definition) is 6. The fourth-order valence-electron chi connectivity index (χ4n) is 4.55. The molecule has 0 bridgehead atoms. The van der Waals surface area contributed by atoms with Gasteiger partial charge in [0.25, 0.3) is 0 Å². The molecular weight excluding hydrogens is 436 g/mol. The summed E-state index contributed by atoms with van der Waals surface area (Å²) >= 11 is 1.70. The van der Waals surface area contributed by atoms with Gasteiger partial charge in [-0.3, -0.25) is 9.59 Å². The second-order valence-corrected chi connectivity index (χ2v) is 9.23. The van der Waals surface area contributed by atoms with E-state index in [1.54, 1.807) is 11.8 Å². The number of rotatable bonds is 8. The van der Waals surface area contributed by atoms with E-state index >= 15 is 0 Å². The summed E-state index contributed by atoms with van der Waals surface area (Å²) in [7, 11) is 1.27. The minimum absolute atomic E-state index is 0.00206. The fraction of sp³-hybridized carbons (Fsp3) is 0.269. The number of allylic oxidation sites excluding steroid dienone is 1. The number of benzene rings is 2. The molecule has 0 saturated carbocycles. The van der Waals surface area contributed by atoms with Crippen molar-refractivity contribution in [2.24, 2.45) is 0 Å². The third kappa shape index (κ3) is 3.86. The summed E-state index contributed by atoms with van der Waals surface area (Å²) in [5, 5.41) is 6.23. The van der Waals surface area contributed by atoms with Crippen LogP contribution in [0.3, 0.4) is 0 Å². The second kappa shape index (κ2) is 9.27. The van der Waals surface area contributed by atoms with Crippen molar-refractivity contribution in [1.29, 1.82) is 0 Å². The van der Waals surface area contributed by atoms with Gasteiger partial charge in [0.05, 0.1) is 7.11 Å². The summed E-state index contributed by atoms with van der Waals surface area (Å²) in [5.41, 5.74) is 3.45. The van der Waals surface area contributed by atoms with Crippen LogP contribution in [0.25, 0.3) is 4.91 Å². The molecule has 6 nitrogen and oxygen atoms in total. The number of thioether (sulfide) groups is 1. The molecule has 1 aliphatic heterocycles. The molecule has 170 valence electrons. The molecular formula is C26H26N2O4S. The number of esters is 1. The van der Waals surface area contributed by atoms with Crippen molar-refractivity contribution < 1.29 is 19.1 Å². The highest BCUT2D eigenvalue weighted by molar-refractivity contribution is 8.08. The monoisotopic (exact) mass is 462 g/mol. The maximum Gasteiger partial charge on any atom is 0.334 e. The van der Waals surface area contributed by atoms with E-state index in [4.69, 9.17) is 0 Å². The van der Waals surface area contributed by atoms with Gasteiger partial charge in [-0.05, 0) is 23.8 Å². The number of carbonyl (C=O) groups excluding carboxylic acids is 3. The number of Topliss-reactive ketones (excluding diaryl/α,β-unsaturated/α-hetero) is 1. The largest absolute Gasteiger partial charge is 0.466 e. The van der Waals surface area contributed by atoms with Gasteiger partial charge in [-0.1, -0.05) is 56.0 Å². The van der Waals surface area contributed by atoms with Crippen molar-refractivity contribution in [3.8, 4) is 0 Å². The van der Waals surface area contributed by atoms with Gasteiger partial charge in [0.15, 0.2) is 5.78 Å². The predicted molar refractivity (Wildman–Crippen MR) is 131 cm³/mol. The van der Waals surface area contributed by atoms with Gasteiger partial charge in [-0.25, -0.2) is 4.79 Å². The average molecular weight is 463 g/mol. The van der Waals surface area contributed by atoms with Crippen LogP contribution < -0.4 is 10.6 Å². The van der Waals surface area contributed by atoms with E-state index < -0.39 is 11.4 Å². The lowest BCUT2D eigenvalue weighted by atomic mass is 9.67. The second-order valence-electron chi connectivity index (χ2n) is 7.96. The SMILES string of the molecule is C=C(CNC(=O)CCC12C(=O)c3ccccc3C(SCC)=C1Nc1ccccc12)C(=O)OC. The Labute approximate surface area is 197 Å². The van der Waals surface area contributed by atoms with Crippen molar-refractivity contribution in [3.05, 3.63) is 83.1 Å². The molecule has 1 atom stereocenters. The minimum Gasteiger partial charge on any atom is -0.466 e. The summed E-state index contributed by atoms with van der Waals surface area (Å²) in [4.78, 5) is 39.3. The molecule has 0 radical (unpaired) electrons. The Hall–Kier alpha value is -3.32. The molecule has 1 unspecified atom stereocenters. The Morgan fingerprint density at radius 2 is 1.82 bits per heavy atom. The Bertz CT molecular complexity index is 1190. The standard InChI is InChI=1S/C26H26N2O4S/c1-4-33-22-17-9-5-6-10-18(17)24(30)26(19-11-7-8-12-20(19)28-23(22)26)14-13-21(29)27-15-16(2)25(31)32-3/h5-12,28H,2,4,13-15H2,1,3H3,(H,27,29). The predicted octanol–water partition coefficient (Wildman–Crippen LogP) is 4.29. The molecule has 2 aliphatic rings. The van der Waals surface area contributed by atoms with Crippen LogP contribution in [0.15, 0.2) is 66.4 Å². The lowest BCUT2D eigenvalue weighted by Crippen LogP contribution is -2.41. The topological polar surface area (TPSA) is 84.5 Å². The average Bonchev–Trinajstić information content (AvgIpc) is 3.18. The first kappa shape index (κ1) is 22.9.